The lowest BCUT2D eigenvalue weighted by Crippen LogP contribution is -2.14. The average molecular weight is 254 g/mol. The zero-order valence-corrected chi connectivity index (χ0v) is 11.5. The van der Waals surface area contributed by atoms with Crippen molar-refractivity contribution in [1.82, 2.24) is 4.90 Å². The highest BCUT2D eigenvalue weighted by atomic mass is 32.2. The minimum atomic E-state index is 0.434. The van der Waals surface area contributed by atoms with Gasteiger partial charge in [0.1, 0.15) is 0 Å². The molecule has 0 aliphatic rings. The fraction of sp³-hybridized carbons (Fsp3) is 0.500. The predicted molar refractivity (Wildman–Crippen MR) is 75.0 cm³/mol. The largest absolute Gasteiger partial charge is 0.320 e. The minimum Gasteiger partial charge on any atom is -0.320 e. The molecule has 0 saturated carbocycles. The van der Waals surface area contributed by atoms with Gasteiger partial charge in [-0.25, -0.2) is 0 Å². The molecular formula is C12H18N2S2. The second-order valence-corrected chi connectivity index (χ2v) is 5.73. The van der Waals surface area contributed by atoms with Crippen molar-refractivity contribution in [2.75, 3.05) is 32.9 Å². The number of nitrogens with two attached hydrogens (primary N) is 1. The van der Waals surface area contributed by atoms with Gasteiger partial charge in [0.05, 0.1) is 6.54 Å². The Morgan fingerprint density at radius 1 is 1.50 bits per heavy atom. The number of hydrogen-bond donors (Lipinski definition) is 1. The molecule has 0 atom stereocenters. The molecule has 0 unspecified atom stereocenters. The molecule has 0 aromatic carbocycles. The summed E-state index contributed by atoms with van der Waals surface area (Å²) in [4.78, 5) is 3.57. The summed E-state index contributed by atoms with van der Waals surface area (Å²) in [5, 5.41) is 2.10. The molecular weight excluding hydrogens is 236 g/mol. The van der Waals surface area contributed by atoms with Crippen molar-refractivity contribution < 1.29 is 0 Å². The van der Waals surface area contributed by atoms with E-state index in [0.717, 1.165) is 23.6 Å². The van der Waals surface area contributed by atoms with E-state index >= 15 is 0 Å². The van der Waals surface area contributed by atoms with E-state index in [4.69, 9.17) is 5.73 Å². The Hall–Kier alpha value is -0.470. The Morgan fingerprint density at radius 3 is 3.00 bits per heavy atom. The number of thiophene rings is 1. The summed E-state index contributed by atoms with van der Waals surface area (Å²) in [6.07, 6.45) is 0. The van der Waals surface area contributed by atoms with Gasteiger partial charge in [-0.2, -0.15) is 11.8 Å². The first-order chi connectivity index (χ1) is 7.74. The summed E-state index contributed by atoms with van der Waals surface area (Å²) in [6, 6.07) is 2.08. The van der Waals surface area contributed by atoms with Crippen LogP contribution in [0.1, 0.15) is 10.4 Å². The number of rotatable bonds is 5. The lowest BCUT2D eigenvalue weighted by Gasteiger charge is -2.08. The van der Waals surface area contributed by atoms with Crippen molar-refractivity contribution in [2.45, 2.75) is 5.75 Å². The molecule has 0 saturated heterocycles. The van der Waals surface area contributed by atoms with Gasteiger partial charge in [0.25, 0.3) is 0 Å². The number of hydrogen-bond acceptors (Lipinski definition) is 4. The standard InChI is InChI=1S/C12H18N2S2/c1-14(2)7-9-15-10-12-11(4-3-6-13)5-8-16-12/h5,8H,6-7,9-10,13H2,1-2H3. The Labute approximate surface area is 106 Å². The van der Waals surface area contributed by atoms with Gasteiger partial charge < -0.3 is 10.6 Å². The van der Waals surface area contributed by atoms with Crippen molar-refractivity contribution in [2.24, 2.45) is 5.73 Å². The van der Waals surface area contributed by atoms with E-state index in [2.05, 4.69) is 42.3 Å². The molecule has 2 N–H and O–H groups in total. The maximum absolute atomic E-state index is 5.37. The minimum absolute atomic E-state index is 0.434. The van der Waals surface area contributed by atoms with Crippen molar-refractivity contribution in [3.63, 3.8) is 0 Å². The van der Waals surface area contributed by atoms with Crippen molar-refractivity contribution >= 4 is 23.1 Å². The fourth-order valence-corrected chi connectivity index (χ4v) is 3.24. The third-order valence-electron chi connectivity index (χ3n) is 1.99. The van der Waals surface area contributed by atoms with Crippen LogP contribution in [0.4, 0.5) is 0 Å². The highest BCUT2D eigenvalue weighted by molar-refractivity contribution is 7.98. The molecule has 16 heavy (non-hydrogen) atoms. The molecule has 0 bridgehead atoms. The average Bonchev–Trinajstić information content (AvgIpc) is 2.69. The second kappa shape index (κ2) is 7.75. The van der Waals surface area contributed by atoms with Crippen molar-refractivity contribution in [3.8, 4) is 11.8 Å². The second-order valence-electron chi connectivity index (χ2n) is 3.62. The monoisotopic (exact) mass is 254 g/mol. The molecule has 0 radical (unpaired) electrons. The summed E-state index contributed by atoms with van der Waals surface area (Å²) in [5.41, 5.74) is 6.52. The first-order valence-corrected chi connectivity index (χ1v) is 7.25. The number of nitrogens with zero attached hydrogens (tertiary/aromatic N) is 1. The van der Waals surface area contributed by atoms with Gasteiger partial charge in [0.15, 0.2) is 0 Å². The smallest absolute Gasteiger partial charge is 0.0555 e. The Morgan fingerprint density at radius 2 is 2.31 bits per heavy atom. The van der Waals surface area contributed by atoms with Crippen LogP contribution in [-0.2, 0) is 5.75 Å². The molecule has 0 aliphatic carbocycles. The normalized spacial score (nSPS) is 10.2. The van der Waals surface area contributed by atoms with Crippen LogP contribution in [0.15, 0.2) is 11.4 Å². The van der Waals surface area contributed by atoms with Gasteiger partial charge in [0.2, 0.25) is 0 Å². The van der Waals surface area contributed by atoms with E-state index < -0.39 is 0 Å². The lowest BCUT2D eigenvalue weighted by atomic mass is 10.3. The molecule has 4 heteroatoms. The first-order valence-electron chi connectivity index (χ1n) is 5.22. The molecule has 0 spiro atoms. The van der Waals surface area contributed by atoms with Crippen LogP contribution < -0.4 is 5.73 Å². The van der Waals surface area contributed by atoms with Crippen LogP contribution in [0.3, 0.4) is 0 Å². The summed E-state index contributed by atoms with van der Waals surface area (Å²) < 4.78 is 0. The third-order valence-corrected chi connectivity index (χ3v) is 4.05. The SMILES string of the molecule is CN(C)CCSCc1sccc1C#CCN. The molecule has 2 nitrogen and oxygen atoms in total. The summed E-state index contributed by atoms with van der Waals surface area (Å²) >= 11 is 3.74. The topological polar surface area (TPSA) is 29.3 Å². The highest BCUT2D eigenvalue weighted by Crippen LogP contribution is 2.21. The van der Waals surface area contributed by atoms with Gasteiger partial charge >= 0.3 is 0 Å². The Balaban J connectivity index is 2.39. The summed E-state index contributed by atoms with van der Waals surface area (Å²) in [6.45, 7) is 1.56. The van der Waals surface area contributed by atoms with Crippen LogP contribution in [0.2, 0.25) is 0 Å². The van der Waals surface area contributed by atoms with E-state index in [-0.39, 0.29) is 0 Å². The van der Waals surface area contributed by atoms with E-state index in [0.29, 0.717) is 6.54 Å². The molecule has 88 valence electrons. The van der Waals surface area contributed by atoms with Crippen molar-refractivity contribution in [3.05, 3.63) is 21.9 Å². The van der Waals surface area contributed by atoms with Crippen LogP contribution in [0.25, 0.3) is 0 Å². The maximum atomic E-state index is 5.37. The van der Waals surface area contributed by atoms with Gasteiger partial charge in [0, 0.05) is 28.5 Å². The summed E-state index contributed by atoms with van der Waals surface area (Å²) in [7, 11) is 4.20. The van der Waals surface area contributed by atoms with Gasteiger partial charge in [-0.15, -0.1) is 11.3 Å². The van der Waals surface area contributed by atoms with Crippen molar-refractivity contribution in [1.29, 1.82) is 0 Å². The predicted octanol–water partition coefficient (Wildman–Crippen LogP) is 1.85. The van der Waals surface area contributed by atoms with Crippen LogP contribution in [0, 0.1) is 11.8 Å². The van der Waals surface area contributed by atoms with Crippen LogP contribution in [-0.4, -0.2) is 37.8 Å². The Kier molecular flexibility index (Phi) is 6.58. The van der Waals surface area contributed by atoms with E-state index in [1.165, 1.54) is 4.88 Å². The fourth-order valence-electron chi connectivity index (χ4n) is 1.12. The molecule has 0 amide bonds. The molecule has 1 rings (SSSR count). The Bertz CT molecular complexity index is 361. The molecule has 1 aromatic heterocycles. The molecule has 0 fully saturated rings. The highest BCUT2D eigenvalue weighted by Gasteiger charge is 2.01. The third kappa shape index (κ3) is 5.04. The molecule has 0 aliphatic heterocycles. The zero-order chi connectivity index (χ0) is 11.8. The molecule has 1 aromatic rings. The van der Waals surface area contributed by atoms with Gasteiger partial charge in [-0.05, 0) is 25.5 Å². The lowest BCUT2D eigenvalue weighted by molar-refractivity contribution is 0.437. The van der Waals surface area contributed by atoms with E-state index in [9.17, 15) is 0 Å². The molecule has 1 heterocycles. The van der Waals surface area contributed by atoms with Gasteiger partial charge in [-0.1, -0.05) is 11.8 Å². The zero-order valence-electron chi connectivity index (χ0n) is 9.82. The number of thioether (sulfide) groups is 1. The van der Waals surface area contributed by atoms with E-state index in [1.54, 1.807) is 11.3 Å². The van der Waals surface area contributed by atoms with Gasteiger partial charge in [-0.3, -0.25) is 0 Å². The maximum Gasteiger partial charge on any atom is 0.0555 e. The van der Waals surface area contributed by atoms with E-state index in [1.807, 2.05) is 11.8 Å². The van der Waals surface area contributed by atoms with Crippen LogP contribution >= 0.6 is 23.1 Å². The summed E-state index contributed by atoms with van der Waals surface area (Å²) in [5.74, 6) is 8.24. The quantitative estimate of drug-likeness (QED) is 0.642. The first kappa shape index (κ1) is 13.6. The van der Waals surface area contributed by atoms with Crippen LogP contribution in [0.5, 0.6) is 0 Å².